The normalized spacial score (nSPS) is 11.1. The lowest BCUT2D eigenvalue weighted by atomic mass is 10.1. The van der Waals surface area contributed by atoms with Crippen molar-refractivity contribution in [2.24, 2.45) is 0 Å². The van der Waals surface area contributed by atoms with Gasteiger partial charge in [-0.25, -0.2) is 8.42 Å². The highest BCUT2D eigenvalue weighted by atomic mass is 32.2. The summed E-state index contributed by atoms with van der Waals surface area (Å²) in [7, 11) is -2.35. The highest BCUT2D eigenvalue weighted by Gasteiger charge is 2.27. The summed E-state index contributed by atoms with van der Waals surface area (Å²) in [6.07, 6.45) is 1.43. The van der Waals surface area contributed by atoms with E-state index >= 15 is 0 Å². The van der Waals surface area contributed by atoms with Crippen molar-refractivity contribution in [2.45, 2.75) is 31.6 Å². The molecule has 186 valence electrons. The molecule has 0 aromatic heterocycles. The average molecular weight is 497 g/mol. The van der Waals surface area contributed by atoms with E-state index in [0.29, 0.717) is 31.0 Å². The van der Waals surface area contributed by atoms with Crippen LogP contribution in [0.4, 0.5) is 5.69 Å². The van der Waals surface area contributed by atoms with Crippen molar-refractivity contribution in [3.63, 3.8) is 0 Å². The van der Waals surface area contributed by atoms with E-state index in [4.69, 9.17) is 9.47 Å². The Hall–Kier alpha value is -3.52. The number of amides is 1. The number of sulfonamides is 1. The van der Waals surface area contributed by atoms with Crippen LogP contribution in [-0.4, -0.2) is 41.1 Å². The number of methoxy groups -OCH3 is 1. The lowest BCUT2D eigenvalue weighted by molar-refractivity contribution is -0.119. The number of rotatable bonds is 12. The number of nitrogens with zero attached hydrogens (tertiary/aromatic N) is 1. The summed E-state index contributed by atoms with van der Waals surface area (Å²) < 4.78 is 38.9. The monoisotopic (exact) mass is 496 g/mol. The van der Waals surface area contributed by atoms with E-state index in [9.17, 15) is 13.2 Å². The molecular weight excluding hydrogens is 464 g/mol. The van der Waals surface area contributed by atoms with Gasteiger partial charge in [-0.05, 0) is 74.7 Å². The number of nitrogens with one attached hydrogen (secondary N) is 1. The minimum atomic E-state index is -3.98. The van der Waals surface area contributed by atoms with Gasteiger partial charge < -0.3 is 14.8 Å². The molecule has 0 atom stereocenters. The van der Waals surface area contributed by atoms with E-state index in [-0.39, 0.29) is 17.3 Å². The van der Waals surface area contributed by atoms with Crippen LogP contribution in [0.5, 0.6) is 11.5 Å². The zero-order chi connectivity index (χ0) is 25.3. The molecule has 0 radical (unpaired) electrons. The Balaban J connectivity index is 1.71. The molecule has 0 saturated heterocycles. The fourth-order valence-corrected chi connectivity index (χ4v) is 5.05. The van der Waals surface area contributed by atoms with Crippen LogP contribution >= 0.6 is 0 Å². The summed E-state index contributed by atoms with van der Waals surface area (Å²) in [6.45, 7) is 4.36. The number of carbonyl (C=O) groups excluding carboxylic acids is 1. The number of ether oxygens (including phenoxy) is 2. The summed E-state index contributed by atoms with van der Waals surface area (Å²) in [5.74, 6) is 1.02. The molecule has 0 unspecified atom stereocenters. The Morgan fingerprint density at radius 1 is 0.971 bits per heavy atom. The van der Waals surface area contributed by atoms with Crippen LogP contribution in [0.25, 0.3) is 0 Å². The van der Waals surface area contributed by atoms with E-state index in [1.165, 1.54) is 12.1 Å². The third-order valence-corrected chi connectivity index (χ3v) is 7.26. The molecule has 7 nitrogen and oxygen atoms in total. The molecule has 0 saturated carbocycles. The zero-order valence-electron chi connectivity index (χ0n) is 20.4. The fourth-order valence-electron chi connectivity index (χ4n) is 3.63. The molecule has 0 spiro atoms. The molecule has 0 heterocycles. The van der Waals surface area contributed by atoms with Gasteiger partial charge in [-0.15, -0.1) is 0 Å². The molecule has 1 amide bonds. The van der Waals surface area contributed by atoms with Gasteiger partial charge in [-0.1, -0.05) is 35.9 Å². The molecule has 35 heavy (non-hydrogen) atoms. The van der Waals surface area contributed by atoms with Gasteiger partial charge in [0.15, 0.2) is 0 Å². The van der Waals surface area contributed by atoms with Crippen LogP contribution in [0.2, 0.25) is 0 Å². The van der Waals surface area contributed by atoms with Crippen molar-refractivity contribution in [3.8, 4) is 11.5 Å². The van der Waals surface area contributed by atoms with Crippen LogP contribution in [0.3, 0.4) is 0 Å². The lowest BCUT2D eigenvalue weighted by Crippen LogP contribution is -2.41. The number of anilines is 1. The highest BCUT2D eigenvalue weighted by Crippen LogP contribution is 2.25. The molecule has 3 rings (SSSR count). The maximum atomic E-state index is 13.5. The first-order valence-electron chi connectivity index (χ1n) is 11.6. The van der Waals surface area contributed by atoms with Gasteiger partial charge in [-0.3, -0.25) is 9.10 Å². The van der Waals surface area contributed by atoms with Crippen molar-refractivity contribution >= 4 is 21.6 Å². The number of hydrogen-bond acceptors (Lipinski definition) is 5. The lowest BCUT2D eigenvalue weighted by Gasteiger charge is -2.24. The van der Waals surface area contributed by atoms with Crippen molar-refractivity contribution in [3.05, 3.63) is 83.9 Å². The first-order valence-corrected chi connectivity index (χ1v) is 13.0. The van der Waals surface area contributed by atoms with Crippen LogP contribution in [0, 0.1) is 6.92 Å². The summed E-state index contributed by atoms with van der Waals surface area (Å²) >= 11 is 0. The molecule has 8 heteroatoms. The number of benzene rings is 3. The molecule has 0 aliphatic carbocycles. The number of aryl methyl sites for hydroxylation is 2. The molecule has 0 aliphatic rings. The second kappa shape index (κ2) is 12.3. The van der Waals surface area contributed by atoms with Crippen LogP contribution in [0.1, 0.15) is 24.5 Å². The van der Waals surface area contributed by atoms with E-state index in [0.717, 1.165) is 27.6 Å². The maximum absolute atomic E-state index is 13.5. The Morgan fingerprint density at radius 3 is 2.31 bits per heavy atom. The SMILES string of the molecule is CCOc1ccc(S(=O)(=O)N(CC(=O)NCCCc2ccccc2OC)c2ccc(C)cc2)cc1. The minimum Gasteiger partial charge on any atom is -0.496 e. The third kappa shape index (κ3) is 6.99. The maximum Gasteiger partial charge on any atom is 0.264 e. The zero-order valence-corrected chi connectivity index (χ0v) is 21.2. The second-order valence-electron chi connectivity index (χ2n) is 8.02. The predicted octanol–water partition coefficient (Wildman–Crippen LogP) is 4.35. The van der Waals surface area contributed by atoms with Gasteiger partial charge in [0.1, 0.15) is 18.0 Å². The molecule has 0 bridgehead atoms. The first-order chi connectivity index (χ1) is 16.8. The van der Waals surface area contributed by atoms with E-state index in [1.54, 1.807) is 31.4 Å². The van der Waals surface area contributed by atoms with E-state index in [1.807, 2.05) is 50.2 Å². The standard InChI is InChI=1S/C27H32N2O5S/c1-4-34-24-15-17-25(18-16-24)35(31,32)29(23-13-11-21(2)12-14-23)20-27(30)28-19-7-9-22-8-5-6-10-26(22)33-3/h5-6,8,10-18H,4,7,9,19-20H2,1-3H3,(H,28,30). The Morgan fingerprint density at radius 2 is 1.66 bits per heavy atom. The van der Waals surface area contributed by atoms with Crippen LogP contribution < -0.4 is 19.1 Å². The Kier molecular flexibility index (Phi) is 9.14. The highest BCUT2D eigenvalue weighted by molar-refractivity contribution is 7.92. The van der Waals surface area contributed by atoms with Gasteiger partial charge >= 0.3 is 0 Å². The molecular formula is C27H32N2O5S. The Bertz CT molecular complexity index is 1210. The molecule has 0 aliphatic heterocycles. The molecule has 0 fully saturated rings. The van der Waals surface area contributed by atoms with Gasteiger partial charge in [-0.2, -0.15) is 0 Å². The number of hydrogen-bond donors (Lipinski definition) is 1. The second-order valence-corrected chi connectivity index (χ2v) is 9.88. The summed E-state index contributed by atoms with van der Waals surface area (Å²) in [6, 6.07) is 21.0. The van der Waals surface area contributed by atoms with E-state index in [2.05, 4.69) is 5.32 Å². The van der Waals surface area contributed by atoms with Gasteiger partial charge in [0, 0.05) is 6.54 Å². The van der Waals surface area contributed by atoms with Crippen molar-refractivity contribution < 1.29 is 22.7 Å². The largest absolute Gasteiger partial charge is 0.496 e. The van der Waals surface area contributed by atoms with Gasteiger partial charge in [0.05, 0.1) is 24.3 Å². The van der Waals surface area contributed by atoms with Gasteiger partial charge in [0.25, 0.3) is 10.0 Å². The van der Waals surface area contributed by atoms with Crippen molar-refractivity contribution in [2.75, 3.05) is 31.1 Å². The minimum absolute atomic E-state index is 0.0884. The Labute approximate surface area is 207 Å². The van der Waals surface area contributed by atoms with E-state index < -0.39 is 10.0 Å². The quantitative estimate of drug-likeness (QED) is 0.377. The summed E-state index contributed by atoms with van der Waals surface area (Å²) in [4.78, 5) is 12.9. The third-order valence-electron chi connectivity index (χ3n) is 5.47. The average Bonchev–Trinajstić information content (AvgIpc) is 2.86. The molecule has 3 aromatic rings. The smallest absolute Gasteiger partial charge is 0.264 e. The van der Waals surface area contributed by atoms with Crippen LogP contribution in [0.15, 0.2) is 77.7 Å². The van der Waals surface area contributed by atoms with Crippen LogP contribution in [-0.2, 0) is 21.2 Å². The fraction of sp³-hybridized carbons (Fsp3) is 0.296. The summed E-state index contributed by atoms with van der Waals surface area (Å²) in [5.41, 5.74) is 2.48. The molecule has 1 N–H and O–H groups in total. The topological polar surface area (TPSA) is 84.9 Å². The van der Waals surface area contributed by atoms with Gasteiger partial charge in [0.2, 0.25) is 5.91 Å². The molecule has 3 aromatic carbocycles. The number of carbonyl (C=O) groups is 1. The first kappa shape index (κ1) is 26.1. The van der Waals surface area contributed by atoms with Crippen molar-refractivity contribution in [1.82, 2.24) is 5.32 Å². The number of para-hydroxylation sites is 1. The predicted molar refractivity (Wildman–Crippen MR) is 138 cm³/mol. The summed E-state index contributed by atoms with van der Waals surface area (Å²) in [5, 5.41) is 2.85. The van der Waals surface area contributed by atoms with Crippen molar-refractivity contribution in [1.29, 1.82) is 0 Å².